The van der Waals surface area contributed by atoms with Gasteiger partial charge in [-0.2, -0.15) is 0 Å². The number of thiophene rings is 1. The van der Waals surface area contributed by atoms with Crippen LogP contribution < -0.4 is 5.32 Å². The summed E-state index contributed by atoms with van der Waals surface area (Å²) in [4.78, 5) is 0. The van der Waals surface area contributed by atoms with E-state index >= 15 is 0 Å². The van der Waals surface area contributed by atoms with Gasteiger partial charge in [0, 0.05) is 17.1 Å². The molecule has 2 heteroatoms. The van der Waals surface area contributed by atoms with Gasteiger partial charge in [-0.25, -0.2) is 0 Å². The third-order valence-electron chi connectivity index (χ3n) is 1.87. The summed E-state index contributed by atoms with van der Waals surface area (Å²) in [6.07, 6.45) is 1.18. The average Bonchev–Trinajstić information content (AvgIpc) is 2.37. The van der Waals surface area contributed by atoms with Crippen LogP contribution in [0.1, 0.15) is 25.8 Å². The maximum absolute atomic E-state index is 3.45. The topological polar surface area (TPSA) is 12.0 Å². The molecule has 1 aromatic heterocycles. The molecule has 1 N–H and O–H groups in total. The zero-order valence-electron chi connectivity index (χ0n) is 7.35. The van der Waals surface area contributed by atoms with E-state index in [4.69, 9.17) is 0 Å². The molecule has 0 aliphatic heterocycles. The Bertz CT molecular complexity index is 217. The van der Waals surface area contributed by atoms with Crippen LogP contribution in [0.5, 0.6) is 0 Å². The van der Waals surface area contributed by atoms with E-state index in [1.807, 2.05) is 0 Å². The number of anilines is 1. The second-order valence-corrected chi connectivity index (χ2v) is 3.67. The van der Waals surface area contributed by atoms with Crippen molar-refractivity contribution in [3.8, 4) is 0 Å². The van der Waals surface area contributed by atoms with Crippen molar-refractivity contribution in [3.05, 3.63) is 16.3 Å². The van der Waals surface area contributed by atoms with Gasteiger partial charge in [-0.05, 0) is 31.2 Å². The quantitative estimate of drug-likeness (QED) is 0.732. The Morgan fingerprint density at radius 1 is 1.55 bits per heavy atom. The molecule has 11 heavy (non-hydrogen) atoms. The fraction of sp³-hybridized carbons (Fsp3) is 0.556. The lowest BCUT2D eigenvalue weighted by atomic mass is 10.2. The van der Waals surface area contributed by atoms with Gasteiger partial charge in [0.05, 0.1) is 0 Å². The van der Waals surface area contributed by atoms with Crippen molar-refractivity contribution in [2.24, 2.45) is 0 Å². The molecule has 0 radical (unpaired) electrons. The highest BCUT2D eigenvalue weighted by molar-refractivity contribution is 7.08. The van der Waals surface area contributed by atoms with Gasteiger partial charge < -0.3 is 5.32 Å². The first-order valence-electron chi connectivity index (χ1n) is 4.03. The monoisotopic (exact) mass is 169 g/mol. The molecular weight excluding hydrogens is 154 g/mol. The fourth-order valence-electron chi connectivity index (χ4n) is 0.876. The van der Waals surface area contributed by atoms with Crippen LogP contribution in [0.2, 0.25) is 0 Å². The maximum atomic E-state index is 3.45. The van der Waals surface area contributed by atoms with E-state index in [0.717, 1.165) is 0 Å². The van der Waals surface area contributed by atoms with Crippen LogP contribution in [0.15, 0.2) is 10.8 Å². The van der Waals surface area contributed by atoms with Crippen LogP contribution in [-0.2, 0) is 0 Å². The molecular formula is C9H15NS. The lowest BCUT2D eigenvalue weighted by molar-refractivity contribution is 0.764. The summed E-state index contributed by atoms with van der Waals surface area (Å²) in [7, 11) is 0. The molecule has 62 valence electrons. The highest BCUT2D eigenvalue weighted by Gasteiger charge is 2.01. The molecule has 0 aliphatic carbocycles. The molecule has 0 saturated carbocycles. The SMILES string of the molecule is CCC(C)Nc1cscc1C. The van der Waals surface area contributed by atoms with Crippen LogP contribution >= 0.6 is 11.3 Å². The van der Waals surface area contributed by atoms with Crippen molar-refractivity contribution in [2.75, 3.05) is 5.32 Å². The molecule has 1 atom stereocenters. The minimum absolute atomic E-state index is 0.586. The van der Waals surface area contributed by atoms with Gasteiger partial charge in [-0.15, -0.1) is 11.3 Å². The van der Waals surface area contributed by atoms with Crippen LogP contribution in [0, 0.1) is 6.92 Å². The largest absolute Gasteiger partial charge is 0.382 e. The molecule has 1 unspecified atom stereocenters. The standard InChI is InChI=1S/C9H15NS/c1-4-8(3)10-9-6-11-5-7(9)2/h5-6,8,10H,4H2,1-3H3. The lowest BCUT2D eigenvalue weighted by Crippen LogP contribution is -2.13. The van der Waals surface area contributed by atoms with Gasteiger partial charge in [-0.3, -0.25) is 0 Å². The summed E-state index contributed by atoms with van der Waals surface area (Å²) in [5.41, 5.74) is 2.65. The molecule has 0 saturated heterocycles. The Hall–Kier alpha value is -0.500. The van der Waals surface area contributed by atoms with Gasteiger partial charge in [0.1, 0.15) is 0 Å². The second kappa shape index (κ2) is 3.77. The summed E-state index contributed by atoms with van der Waals surface area (Å²) in [6, 6.07) is 0.586. The van der Waals surface area contributed by atoms with Crippen molar-refractivity contribution in [3.63, 3.8) is 0 Å². The molecule has 0 fully saturated rings. The lowest BCUT2D eigenvalue weighted by Gasteiger charge is -2.11. The highest BCUT2D eigenvalue weighted by Crippen LogP contribution is 2.20. The van der Waals surface area contributed by atoms with Crippen molar-refractivity contribution >= 4 is 17.0 Å². The third-order valence-corrected chi connectivity index (χ3v) is 2.73. The summed E-state index contributed by atoms with van der Waals surface area (Å²) in [5, 5.41) is 7.79. The summed E-state index contributed by atoms with van der Waals surface area (Å²) in [5.74, 6) is 0. The van der Waals surface area contributed by atoms with E-state index in [0.29, 0.717) is 6.04 Å². The minimum Gasteiger partial charge on any atom is -0.382 e. The van der Waals surface area contributed by atoms with Crippen LogP contribution in [0.4, 0.5) is 5.69 Å². The maximum Gasteiger partial charge on any atom is 0.0480 e. The van der Waals surface area contributed by atoms with E-state index in [2.05, 4.69) is 36.8 Å². The Labute approximate surface area is 72.4 Å². The van der Waals surface area contributed by atoms with Gasteiger partial charge in [-0.1, -0.05) is 6.92 Å². The number of rotatable bonds is 3. The van der Waals surface area contributed by atoms with Gasteiger partial charge in [0.25, 0.3) is 0 Å². The predicted octanol–water partition coefficient (Wildman–Crippen LogP) is 3.27. The minimum atomic E-state index is 0.586. The Morgan fingerprint density at radius 2 is 2.27 bits per heavy atom. The number of aryl methyl sites for hydroxylation is 1. The number of nitrogens with one attached hydrogen (secondary N) is 1. The van der Waals surface area contributed by atoms with E-state index in [-0.39, 0.29) is 0 Å². The Kier molecular flexibility index (Phi) is 2.94. The zero-order valence-corrected chi connectivity index (χ0v) is 8.16. The van der Waals surface area contributed by atoms with E-state index in [1.54, 1.807) is 11.3 Å². The van der Waals surface area contributed by atoms with Gasteiger partial charge in [0.2, 0.25) is 0 Å². The van der Waals surface area contributed by atoms with Crippen LogP contribution in [0.25, 0.3) is 0 Å². The first kappa shape index (κ1) is 8.60. The molecule has 1 rings (SSSR count). The van der Waals surface area contributed by atoms with Gasteiger partial charge in [0.15, 0.2) is 0 Å². The molecule has 0 amide bonds. The van der Waals surface area contributed by atoms with E-state index in [1.165, 1.54) is 17.7 Å². The summed E-state index contributed by atoms with van der Waals surface area (Å²) in [6.45, 7) is 6.54. The van der Waals surface area contributed by atoms with E-state index in [9.17, 15) is 0 Å². The second-order valence-electron chi connectivity index (χ2n) is 2.92. The van der Waals surface area contributed by atoms with Crippen molar-refractivity contribution in [1.82, 2.24) is 0 Å². The number of hydrogen-bond donors (Lipinski definition) is 1. The number of hydrogen-bond acceptors (Lipinski definition) is 2. The molecule has 0 aromatic carbocycles. The highest BCUT2D eigenvalue weighted by atomic mass is 32.1. The van der Waals surface area contributed by atoms with Crippen LogP contribution in [0.3, 0.4) is 0 Å². The average molecular weight is 169 g/mol. The van der Waals surface area contributed by atoms with E-state index < -0.39 is 0 Å². The van der Waals surface area contributed by atoms with Crippen molar-refractivity contribution < 1.29 is 0 Å². The van der Waals surface area contributed by atoms with Crippen molar-refractivity contribution in [2.45, 2.75) is 33.2 Å². The fourth-order valence-corrected chi connectivity index (χ4v) is 1.67. The molecule has 0 bridgehead atoms. The molecule has 0 aliphatic rings. The summed E-state index contributed by atoms with van der Waals surface area (Å²) >= 11 is 1.76. The first-order valence-corrected chi connectivity index (χ1v) is 4.97. The third kappa shape index (κ3) is 2.22. The van der Waals surface area contributed by atoms with Crippen LogP contribution in [-0.4, -0.2) is 6.04 Å². The Balaban J connectivity index is 2.56. The van der Waals surface area contributed by atoms with Crippen molar-refractivity contribution in [1.29, 1.82) is 0 Å². The van der Waals surface area contributed by atoms with Gasteiger partial charge >= 0.3 is 0 Å². The zero-order chi connectivity index (χ0) is 8.27. The predicted molar refractivity (Wildman–Crippen MR) is 52.4 cm³/mol. The molecule has 1 nitrogen and oxygen atoms in total. The summed E-state index contributed by atoms with van der Waals surface area (Å²) < 4.78 is 0. The first-order chi connectivity index (χ1) is 5.24. The molecule has 1 aromatic rings. The molecule has 0 spiro atoms. The normalized spacial score (nSPS) is 13.0. The Morgan fingerprint density at radius 3 is 2.73 bits per heavy atom. The molecule has 1 heterocycles. The smallest absolute Gasteiger partial charge is 0.0480 e.